The summed E-state index contributed by atoms with van der Waals surface area (Å²) in [7, 11) is 1.79. The molecule has 0 atom stereocenters. The number of carbonyl (C=O) groups is 1. The first kappa shape index (κ1) is 15.9. The number of ether oxygens (including phenoxy) is 1. The Balaban J connectivity index is 1.70. The molecule has 116 valence electrons. The van der Waals surface area contributed by atoms with E-state index in [9.17, 15) is 4.79 Å². The quantitative estimate of drug-likeness (QED) is 0.854. The fourth-order valence-electron chi connectivity index (χ4n) is 2.00. The molecule has 0 aliphatic heterocycles. The van der Waals surface area contributed by atoms with E-state index in [-0.39, 0.29) is 12.5 Å². The van der Waals surface area contributed by atoms with E-state index in [4.69, 9.17) is 4.74 Å². The van der Waals surface area contributed by atoms with E-state index < -0.39 is 0 Å². The number of aryl methyl sites for hydroxylation is 1. The summed E-state index contributed by atoms with van der Waals surface area (Å²) in [6, 6.07) is 17.6. The van der Waals surface area contributed by atoms with Crippen LogP contribution >= 0.6 is 0 Å². The van der Waals surface area contributed by atoms with Crippen molar-refractivity contribution in [1.29, 1.82) is 0 Å². The highest BCUT2D eigenvalue weighted by molar-refractivity contribution is 5.80. The van der Waals surface area contributed by atoms with Crippen LogP contribution < -0.4 is 10.1 Å². The van der Waals surface area contributed by atoms with Crippen molar-refractivity contribution < 1.29 is 9.53 Å². The SMILES string of the molecule is Cc1cccc(OCCN(C)C(=O)CNc2ccccc2)c1. The van der Waals surface area contributed by atoms with E-state index in [1.165, 1.54) is 0 Å². The van der Waals surface area contributed by atoms with Crippen LogP contribution in [0.5, 0.6) is 5.75 Å². The zero-order valence-corrected chi connectivity index (χ0v) is 13.1. The number of nitrogens with one attached hydrogen (secondary N) is 1. The Labute approximate surface area is 131 Å². The van der Waals surface area contributed by atoms with Gasteiger partial charge in [0, 0.05) is 12.7 Å². The van der Waals surface area contributed by atoms with E-state index >= 15 is 0 Å². The van der Waals surface area contributed by atoms with E-state index in [1.807, 2.05) is 61.5 Å². The number of likely N-dealkylation sites (N-methyl/N-ethyl adjacent to an activating group) is 1. The van der Waals surface area contributed by atoms with E-state index in [0.29, 0.717) is 13.2 Å². The number of amides is 1. The Bertz CT molecular complexity index is 599. The molecule has 4 heteroatoms. The minimum absolute atomic E-state index is 0.0386. The molecule has 0 radical (unpaired) electrons. The Hall–Kier alpha value is -2.49. The molecule has 1 amide bonds. The Morgan fingerprint density at radius 1 is 1.14 bits per heavy atom. The number of nitrogens with zero attached hydrogens (tertiary/aromatic N) is 1. The number of para-hydroxylation sites is 1. The van der Waals surface area contributed by atoms with Crippen molar-refractivity contribution >= 4 is 11.6 Å². The average molecular weight is 298 g/mol. The smallest absolute Gasteiger partial charge is 0.241 e. The van der Waals surface area contributed by atoms with Gasteiger partial charge >= 0.3 is 0 Å². The summed E-state index contributed by atoms with van der Waals surface area (Å²) in [4.78, 5) is 13.7. The molecule has 0 aliphatic rings. The van der Waals surface area contributed by atoms with Gasteiger partial charge in [0.05, 0.1) is 13.1 Å². The van der Waals surface area contributed by atoms with Crippen LogP contribution in [0.25, 0.3) is 0 Å². The van der Waals surface area contributed by atoms with Crippen LogP contribution in [0.1, 0.15) is 5.56 Å². The van der Waals surface area contributed by atoms with Crippen molar-refractivity contribution in [3.63, 3.8) is 0 Å². The monoisotopic (exact) mass is 298 g/mol. The summed E-state index contributed by atoms with van der Waals surface area (Å²) in [5, 5.41) is 3.11. The fraction of sp³-hybridized carbons (Fsp3) is 0.278. The molecule has 2 aromatic rings. The van der Waals surface area contributed by atoms with Gasteiger partial charge in [0.1, 0.15) is 12.4 Å². The summed E-state index contributed by atoms with van der Waals surface area (Å²) in [6.45, 7) is 3.35. The molecule has 0 saturated carbocycles. The van der Waals surface area contributed by atoms with E-state index in [1.54, 1.807) is 11.9 Å². The Morgan fingerprint density at radius 3 is 2.64 bits per heavy atom. The van der Waals surface area contributed by atoms with Crippen molar-refractivity contribution in [2.75, 3.05) is 32.1 Å². The topological polar surface area (TPSA) is 41.6 Å². The fourth-order valence-corrected chi connectivity index (χ4v) is 2.00. The number of carbonyl (C=O) groups excluding carboxylic acids is 1. The lowest BCUT2D eigenvalue weighted by Crippen LogP contribution is -2.35. The zero-order valence-electron chi connectivity index (χ0n) is 13.1. The molecule has 22 heavy (non-hydrogen) atoms. The normalized spacial score (nSPS) is 10.1. The third-order valence-electron chi connectivity index (χ3n) is 3.33. The molecule has 4 nitrogen and oxygen atoms in total. The van der Waals surface area contributed by atoms with Gasteiger partial charge in [-0.25, -0.2) is 0 Å². The van der Waals surface area contributed by atoms with Crippen LogP contribution in [-0.4, -0.2) is 37.6 Å². The molecule has 0 aliphatic carbocycles. The first-order chi connectivity index (χ1) is 10.6. The van der Waals surface area contributed by atoms with Gasteiger partial charge in [0.25, 0.3) is 0 Å². The standard InChI is InChI=1S/C18H22N2O2/c1-15-7-6-10-17(13-15)22-12-11-20(2)18(21)14-19-16-8-4-3-5-9-16/h3-10,13,19H,11-12,14H2,1-2H3. The highest BCUT2D eigenvalue weighted by Crippen LogP contribution is 2.12. The van der Waals surface area contributed by atoms with E-state index in [0.717, 1.165) is 17.0 Å². The lowest BCUT2D eigenvalue weighted by atomic mass is 10.2. The third kappa shape index (κ3) is 5.13. The lowest BCUT2D eigenvalue weighted by molar-refractivity contribution is -0.128. The van der Waals surface area contributed by atoms with Crippen molar-refractivity contribution in [3.8, 4) is 5.75 Å². The molecule has 2 aromatic carbocycles. The van der Waals surface area contributed by atoms with Gasteiger partial charge in [-0.15, -0.1) is 0 Å². The van der Waals surface area contributed by atoms with Crippen LogP contribution in [0, 0.1) is 6.92 Å². The first-order valence-electron chi connectivity index (χ1n) is 7.37. The van der Waals surface area contributed by atoms with Crippen molar-refractivity contribution in [1.82, 2.24) is 4.90 Å². The molecule has 2 rings (SSSR count). The predicted molar refractivity (Wildman–Crippen MR) is 89.2 cm³/mol. The first-order valence-corrected chi connectivity index (χ1v) is 7.37. The molecule has 0 fully saturated rings. The van der Waals surface area contributed by atoms with Crippen LogP contribution in [0.2, 0.25) is 0 Å². The Morgan fingerprint density at radius 2 is 1.91 bits per heavy atom. The predicted octanol–water partition coefficient (Wildman–Crippen LogP) is 2.94. The number of hydrogen-bond donors (Lipinski definition) is 1. The highest BCUT2D eigenvalue weighted by atomic mass is 16.5. The van der Waals surface area contributed by atoms with Crippen molar-refractivity contribution in [3.05, 3.63) is 60.2 Å². The summed E-state index contributed by atoms with van der Waals surface area (Å²) >= 11 is 0. The largest absolute Gasteiger partial charge is 0.492 e. The minimum atomic E-state index is 0.0386. The second kappa shape index (κ2) is 8.08. The van der Waals surface area contributed by atoms with Gasteiger partial charge in [-0.05, 0) is 36.8 Å². The molecular formula is C18H22N2O2. The van der Waals surface area contributed by atoms with Gasteiger partial charge in [0.2, 0.25) is 5.91 Å². The van der Waals surface area contributed by atoms with Crippen molar-refractivity contribution in [2.24, 2.45) is 0 Å². The van der Waals surface area contributed by atoms with Crippen LogP contribution in [0.3, 0.4) is 0 Å². The highest BCUT2D eigenvalue weighted by Gasteiger charge is 2.08. The molecule has 0 saturated heterocycles. The maximum Gasteiger partial charge on any atom is 0.241 e. The summed E-state index contributed by atoms with van der Waals surface area (Å²) in [5.41, 5.74) is 2.11. The number of rotatable bonds is 7. The van der Waals surface area contributed by atoms with Gasteiger partial charge in [0.15, 0.2) is 0 Å². The summed E-state index contributed by atoms with van der Waals surface area (Å²) < 4.78 is 5.66. The summed E-state index contributed by atoms with van der Waals surface area (Å²) in [5.74, 6) is 0.875. The second-order valence-corrected chi connectivity index (χ2v) is 5.20. The maximum absolute atomic E-state index is 12.0. The number of anilines is 1. The van der Waals surface area contributed by atoms with Gasteiger partial charge in [-0.3, -0.25) is 4.79 Å². The zero-order chi connectivity index (χ0) is 15.8. The molecule has 0 bridgehead atoms. The van der Waals surface area contributed by atoms with Gasteiger partial charge in [-0.2, -0.15) is 0 Å². The maximum atomic E-state index is 12.0. The van der Waals surface area contributed by atoms with Crippen molar-refractivity contribution in [2.45, 2.75) is 6.92 Å². The summed E-state index contributed by atoms with van der Waals surface area (Å²) in [6.07, 6.45) is 0. The van der Waals surface area contributed by atoms with E-state index in [2.05, 4.69) is 5.32 Å². The number of hydrogen-bond acceptors (Lipinski definition) is 3. The van der Waals surface area contributed by atoms with Crippen LogP contribution in [-0.2, 0) is 4.79 Å². The molecular weight excluding hydrogens is 276 g/mol. The molecule has 0 heterocycles. The average Bonchev–Trinajstić information content (AvgIpc) is 2.53. The minimum Gasteiger partial charge on any atom is -0.492 e. The molecule has 0 aromatic heterocycles. The van der Waals surface area contributed by atoms with Gasteiger partial charge < -0.3 is 15.0 Å². The van der Waals surface area contributed by atoms with Gasteiger partial charge in [-0.1, -0.05) is 30.3 Å². The molecule has 0 spiro atoms. The van der Waals surface area contributed by atoms with Crippen LogP contribution in [0.4, 0.5) is 5.69 Å². The third-order valence-corrected chi connectivity index (χ3v) is 3.33. The van der Waals surface area contributed by atoms with Crippen LogP contribution in [0.15, 0.2) is 54.6 Å². The molecule has 1 N–H and O–H groups in total. The second-order valence-electron chi connectivity index (χ2n) is 5.20. The molecule has 0 unspecified atom stereocenters. The Kier molecular flexibility index (Phi) is 5.83. The number of benzene rings is 2. The lowest BCUT2D eigenvalue weighted by Gasteiger charge is -2.18.